The molecule has 1 aliphatic rings. The SMILES string of the molecule is CC(Oc1ccc(B2OC(C)(C)C(C)(C)O2)cc1OC(F)(F)F)c1ccc(C(F)(F)F)cc1. The van der Waals surface area contributed by atoms with Gasteiger partial charge in [0.1, 0.15) is 6.10 Å². The Kier molecular flexibility index (Phi) is 6.45. The van der Waals surface area contributed by atoms with Crippen LogP contribution in [0.4, 0.5) is 26.3 Å². The molecule has 1 fully saturated rings. The minimum Gasteiger partial charge on any atom is -0.482 e. The molecule has 1 saturated heterocycles. The van der Waals surface area contributed by atoms with E-state index in [2.05, 4.69) is 4.74 Å². The second kappa shape index (κ2) is 8.43. The number of hydrogen-bond acceptors (Lipinski definition) is 4. The predicted molar refractivity (Wildman–Crippen MR) is 109 cm³/mol. The Morgan fingerprint density at radius 1 is 0.818 bits per heavy atom. The lowest BCUT2D eigenvalue weighted by atomic mass is 9.79. The lowest BCUT2D eigenvalue weighted by molar-refractivity contribution is -0.275. The van der Waals surface area contributed by atoms with Crippen LogP contribution in [-0.2, 0) is 15.5 Å². The van der Waals surface area contributed by atoms with Crippen molar-refractivity contribution in [3.8, 4) is 11.5 Å². The van der Waals surface area contributed by atoms with Crippen molar-refractivity contribution in [1.82, 2.24) is 0 Å². The van der Waals surface area contributed by atoms with Crippen molar-refractivity contribution < 1.29 is 45.1 Å². The van der Waals surface area contributed by atoms with Crippen molar-refractivity contribution in [2.45, 2.75) is 64.5 Å². The average molecular weight is 476 g/mol. The van der Waals surface area contributed by atoms with Crippen LogP contribution in [0.25, 0.3) is 0 Å². The van der Waals surface area contributed by atoms with Gasteiger partial charge in [0.25, 0.3) is 0 Å². The lowest BCUT2D eigenvalue weighted by Crippen LogP contribution is -2.41. The molecule has 1 aliphatic heterocycles. The fourth-order valence-corrected chi connectivity index (χ4v) is 3.15. The summed E-state index contributed by atoms with van der Waals surface area (Å²) in [5, 5.41) is 0. The number of hydrogen-bond donors (Lipinski definition) is 0. The summed E-state index contributed by atoms with van der Waals surface area (Å²) in [5.74, 6) is -0.853. The van der Waals surface area contributed by atoms with Gasteiger partial charge in [-0.25, -0.2) is 0 Å². The van der Waals surface area contributed by atoms with Gasteiger partial charge in [0.15, 0.2) is 11.5 Å². The smallest absolute Gasteiger partial charge is 0.482 e. The summed E-state index contributed by atoms with van der Waals surface area (Å²) in [6, 6.07) is 8.05. The fraction of sp³-hybridized carbons (Fsp3) is 0.455. The largest absolute Gasteiger partial charge is 0.573 e. The first-order chi connectivity index (χ1) is 15.0. The van der Waals surface area contributed by atoms with Gasteiger partial charge in [-0.1, -0.05) is 18.2 Å². The molecule has 2 aromatic carbocycles. The molecule has 33 heavy (non-hydrogen) atoms. The van der Waals surface area contributed by atoms with Crippen LogP contribution in [0.2, 0.25) is 0 Å². The molecule has 0 N–H and O–H groups in total. The van der Waals surface area contributed by atoms with Gasteiger partial charge >= 0.3 is 19.7 Å². The normalized spacial score (nSPS) is 18.8. The van der Waals surface area contributed by atoms with Crippen LogP contribution in [0, 0.1) is 0 Å². The van der Waals surface area contributed by atoms with E-state index in [9.17, 15) is 26.3 Å². The zero-order valence-corrected chi connectivity index (χ0v) is 18.6. The lowest BCUT2D eigenvalue weighted by Gasteiger charge is -2.32. The van der Waals surface area contributed by atoms with Gasteiger partial charge in [-0.2, -0.15) is 13.2 Å². The van der Waals surface area contributed by atoms with Crippen molar-refractivity contribution in [3.63, 3.8) is 0 Å². The number of benzene rings is 2. The second-order valence-electron chi connectivity index (χ2n) is 8.72. The zero-order valence-electron chi connectivity index (χ0n) is 18.6. The van der Waals surface area contributed by atoms with Crippen LogP contribution in [0.3, 0.4) is 0 Å². The quantitative estimate of drug-likeness (QED) is 0.390. The van der Waals surface area contributed by atoms with Crippen molar-refractivity contribution in [3.05, 3.63) is 53.6 Å². The van der Waals surface area contributed by atoms with Crippen molar-refractivity contribution in [2.24, 2.45) is 0 Å². The first-order valence-electron chi connectivity index (χ1n) is 10.1. The predicted octanol–water partition coefficient (Wildman–Crippen LogP) is 6.04. The van der Waals surface area contributed by atoms with Crippen LogP contribution in [0.15, 0.2) is 42.5 Å². The van der Waals surface area contributed by atoms with Crippen LogP contribution < -0.4 is 14.9 Å². The Balaban J connectivity index is 1.87. The fourth-order valence-electron chi connectivity index (χ4n) is 3.15. The number of ether oxygens (including phenoxy) is 2. The van der Waals surface area contributed by atoms with Crippen molar-refractivity contribution in [1.29, 1.82) is 0 Å². The van der Waals surface area contributed by atoms with Gasteiger partial charge < -0.3 is 18.8 Å². The molecule has 3 rings (SSSR count). The van der Waals surface area contributed by atoms with Crippen LogP contribution in [0.5, 0.6) is 11.5 Å². The van der Waals surface area contributed by atoms with Crippen LogP contribution >= 0.6 is 0 Å². The zero-order chi connectivity index (χ0) is 24.8. The molecule has 0 aromatic heterocycles. The van der Waals surface area contributed by atoms with Gasteiger partial charge in [-0.15, -0.1) is 13.2 Å². The maximum absolute atomic E-state index is 13.0. The Morgan fingerprint density at radius 3 is 1.85 bits per heavy atom. The Hall–Kier alpha value is -2.40. The standard InChI is InChI=1S/C22H23BF6O4/c1-13(14-6-8-15(9-7-14)21(24,25)26)30-17-11-10-16(12-18(17)31-22(27,28)29)23-32-19(2,3)20(4,5)33-23/h6-13H,1-5H3. The molecule has 0 aliphatic carbocycles. The van der Waals surface area contributed by atoms with Crippen LogP contribution in [-0.4, -0.2) is 24.7 Å². The number of rotatable bonds is 5. The molecular weight excluding hydrogens is 453 g/mol. The van der Waals surface area contributed by atoms with Gasteiger partial charge in [-0.05, 0) is 69.9 Å². The molecule has 2 aromatic rings. The van der Waals surface area contributed by atoms with Crippen molar-refractivity contribution in [2.75, 3.05) is 0 Å². The molecule has 4 nitrogen and oxygen atoms in total. The molecule has 11 heteroatoms. The summed E-state index contributed by atoms with van der Waals surface area (Å²) in [4.78, 5) is 0. The van der Waals surface area contributed by atoms with Gasteiger partial charge in [0, 0.05) is 0 Å². The molecule has 180 valence electrons. The minimum absolute atomic E-state index is 0.236. The molecule has 0 saturated carbocycles. The summed E-state index contributed by atoms with van der Waals surface area (Å²) in [5.41, 5.74) is -1.60. The maximum atomic E-state index is 13.0. The van der Waals surface area contributed by atoms with Crippen molar-refractivity contribution >= 4 is 12.6 Å². The molecule has 0 spiro atoms. The first-order valence-corrected chi connectivity index (χ1v) is 10.1. The molecule has 0 bridgehead atoms. The molecule has 0 amide bonds. The molecular formula is C22H23BF6O4. The average Bonchev–Trinajstić information content (AvgIpc) is 2.88. The summed E-state index contributed by atoms with van der Waals surface area (Å²) in [6.45, 7) is 8.74. The van der Waals surface area contributed by atoms with Crippen LogP contribution in [0.1, 0.15) is 51.8 Å². The topological polar surface area (TPSA) is 36.9 Å². The third-order valence-corrected chi connectivity index (χ3v) is 5.73. The van der Waals surface area contributed by atoms with Gasteiger partial charge in [-0.3, -0.25) is 0 Å². The summed E-state index contributed by atoms with van der Waals surface area (Å²) >= 11 is 0. The minimum atomic E-state index is -5.00. The highest BCUT2D eigenvalue weighted by molar-refractivity contribution is 6.62. The summed E-state index contributed by atoms with van der Waals surface area (Å²) in [6.07, 6.45) is -10.4. The summed E-state index contributed by atoms with van der Waals surface area (Å²) in [7, 11) is -0.924. The van der Waals surface area contributed by atoms with E-state index in [4.69, 9.17) is 14.0 Å². The highest BCUT2D eigenvalue weighted by atomic mass is 19.4. The summed E-state index contributed by atoms with van der Waals surface area (Å²) < 4.78 is 98.9. The van der Waals surface area contributed by atoms with E-state index < -0.39 is 48.3 Å². The molecule has 0 radical (unpaired) electrons. The molecule has 1 heterocycles. The third kappa shape index (κ3) is 5.76. The highest BCUT2D eigenvalue weighted by Crippen LogP contribution is 2.39. The second-order valence-corrected chi connectivity index (χ2v) is 8.72. The first kappa shape index (κ1) is 25.2. The van der Waals surface area contributed by atoms with E-state index in [1.807, 2.05) is 27.7 Å². The van der Waals surface area contributed by atoms with Gasteiger partial charge in [0.2, 0.25) is 0 Å². The van der Waals surface area contributed by atoms with E-state index in [-0.39, 0.29) is 5.75 Å². The third-order valence-electron chi connectivity index (χ3n) is 5.73. The van der Waals surface area contributed by atoms with E-state index in [0.717, 1.165) is 18.2 Å². The Morgan fingerprint density at radius 2 is 1.36 bits per heavy atom. The highest BCUT2D eigenvalue weighted by Gasteiger charge is 2.52. The molecule has 1 atom stereocenters. The Labute approximate surface area is 187 Å². The maximum Gasteiger partial charge on any atom is 0.573 e. The van der Waals surface area contributed by atoms with E-state index in [1.165, 1.54) is 31.2 Å². The van der Waals surface area contributed by atoms with Gasteiger partial charge in [0.05, 0.1) is 16.8 Å². The van der Waals surface area contributed by atoms with E-state index in [1.54, 1.807) is 0 Å². The molecule has 1 unspecified atom stereocenters. The number of alkyl halides is 6. The Bertz CT molecular complexity index is 970. The van der Waals surface area contributed by atoms with E-state index >= 15 is 0 Å². The monoisotopic (exact) mass is 476 g/mol. The van der Waals surface area contributed by atoms with E-state index in [0.29, 0.717) is 11.0 Å². The number of halogens is 6.